The van der Waals surface area contributed by atoms with Crippen LogP contribution in [-0.4, -0.2) is 13.1 Å². The number of ether oxygens (including phenoxy) is 1. The normalized spacial score (nSPS) is 13.3. The number of methoxy groups -OCH3 is 1. The van der Waals surface area contributed by atoms with Crippen molar-refractivity contribution in [2.75, 3.05) is 12.4 Å². The average molecular weight is 304 g/mol. The number of carbonyl (C=O) groups excluding carboxylic acids is 1. The topological polar surface area (TPSA) is 38.3 Å². The zero-order valence-electron chi connectivity index (χ0n) is 12.3. The summed E-state index contributed by atoms with van der Waals surface area (Å²) in [5.74, 6) is -0.350. The van der Waals surface area contributed by atoms with E-state index < -0.39 is 5.54 Å². The Morgan fingerprint density at radius 1 is 1.19 bits per heavy atom. The van der Waals surface area contributed by atoms with Gasteiger partial charge in [0.05, 0.1) is 7.11 Å². The summed E-state index contributed by atoms with van der Waals surface area (Å²) >= 11 is 6.01. The number of benzene rings is 2. The summed E-state index contributed by atoms with van der Waals surface area (Å²) < 4.78 is 4.99. The van der Waals surface area contributed by atoms with Gasteiger partial charge in [-0.1, -0.05) is 41.9 Å². The fraction of sp³-hybridized carbons (Fsp3) is 0.235. The summed E-state index contributed by atoms with van der Waals surface area (Å²) in [4.78, 5) is 12.4. The molecular formula is C17H18ClNO2. The fourth-order valence-electron chi connectivity index (χ4n) is 2.42. The number of esters is 1. The minimum atomic E-state index is -0.981. The maximum absolute atomic E-state index is 12.4. The van der Waals surface area contributed by atoms with Crippen molar-refractivity contribution in [2.24, 2.45) is 0 Å². The average Bonchev–Trinajstić information content (AvgIpc) is 2.46. The summed E-state index contributed by atoms with van der Waals surface area (Å²) in [7, 11) is 1.39. The van der Waals surface area contributed by atoms with E-state index >= 15 is 0 Å². The summed E-state index contributed by atoms with van der Waals surface area (Å²) in [5, 5.41) is 3.85. The zero-order chi connectivity index (χ0) is 15.5. The van der Waals surface area contributed by atoms with Gasteiger partial charge in [0.1, 0.15) is 0 Å². The van der Waals surface area contributed by atoms with Crippen LogP contribution in [0.1, 0.15) is 18.1 Å². The first kappa shape index (κ1) is 15.4. The van der Waals surface area contributed by atoms with Gasteiger partial charge in [-0.2, -0.15) is 0 Å². The summed E-state index contributed by atoms with van der Waals surface area (Å²) in [5.41, 5.74) is 1.67. The summed E-state index contributed by atoms with van der Waals surface area (Å²) in [6.07, 6.45) is 0. The van der Waals surface area contributed by atoms with Crippen LogP contribution in [0.5, 0.6) is 0 Å². The molecule has 0 fully saturated rings. The summed E-state index contributed by atoms with van der Waals surface area (Å²) in [6, 6.07) is 15.0. The van der Waals surface area contributed by atoms with E-state index in [1.54, 1.807) is 12.1 Å². The van der Waals surface area contributed by atoms with Crippen molar-refractivity contribution < 1.29 is 9.53 Å². The number of hydrogen-bond donors (Lipinski definition) is 1. The monoisotopic (exact) mass is 303 g/mol. The first-order valence-electron chi connectivity index (χ1n) is 6.65. The smallest absolute Gasteiger partial charge is 0.335 e. The molecule has 1 N–H and O–H groups in total. The van der Waals surface area contributed by atoms with Gasteiger partial charge in [0.2, 0.25) is 0 Å². The molecule has 0 aromatic heterocycles. The first-order chi connectivity index (χ1) is 9.97. The Labute approximate surface area is 129 Å². The van der Waals surface area contributed by atoms with Crippen molar-refractivity contribution in [3.05, 3.63) is 64.7 Å². The van der Waals surface area contributed by atoms with Crippen LogP contribution in [0.25, 0.3) is 0 Å². The standard InChI is InChI=1S/C17H18ClNO2/c1-12-7-4-5-10-15(12)17(2,16(20)21-3)19-14-9-6-8-13(18)11-14/h4-11,19H,1-3H3. The van der Waals surface area contributed by atoms with Crippen molar-refractivity contribution in [3.8, 4) is 0 Å². The number of anilines is 1. The molecule has 0 saturated carbocycles. The molecule has 2 aromatic carbocycles. The Balaban J connectivity index is 2.48. The minimum absolute atomic E-state index is 0.350. The van der Waals surface area contributed by atoms with Crippen LogP contribution in [0, 0.1) is 6.92 Å². The molecular weight excluding hydrogens is 286 g/mol. The predicted molar refractivity (Wildman–Crippen MR) is 85.6 cm³/mol. The molecule has 0 spiro atoms. The van der Waals surface area contributed by atoms with Crippen molar-refractivity contribution in [1.29, 1.82) is 0 Å². The number of nitrogens with one attached hydrogen (secondary N) is 1. The van der Waals surface area contributed by atoms with E-state index in [-0.39, 0.29) is 5.97 Å². The number of rotatable bonds is 4. The van der Waals surface area contributed by atoms with E-state index in [2.05, 4.69) is 5.32 Å². The van der Waals surface area contributed by atoms with Gasteiger partial charge in [-0.3, -0.25) is 0 Å². The molecule has 0 heterocycles. The molecule has 2 rings (SSSR count). The van der Waals surface area contributed by atoms with E-state index in [0.717, 1.165) is 16.8 Å². The Morgan fingerprint density at radius 2 is 1.90 bits per heavy atom. The number of halogens is 1. The summed E-state index contributed by atoms with van der Waals surface area (Å²) in [6.45, 7) is 3.78. The molecule has 2 aromatic rings. The molecule has 0 amide bonds. The van der Waals surface area contributed by atoms with Crippen LogP contribution in [0.2, 0.25) is 5.02 Å². The van der Waals surface area contributed by atoms with Crippen LogP contribution in [0.15, 0.2) is 48.5 Å². The molecule has 3 nitrogen and oxygen atoms in total. The molecule has 0 radical (unpaired) electrons. The molecule has 0 aliphatic heterocycles. The number of hydrogen-bond acceptors (Lipinski definition) is 3. The molecule has 21 heavy (non-hydrogen) atoms. The fourth-order valence-corrected chi connectivity index (χ4v) is 2.61. The third-order valence-electron chi connectivity index (χ3n) is 3.50. The molecule has 0 aliphatic carbocycles. The zero-order valence-corrected chi connectivity index (χ0v) is 13.1. The predicted octanol–water partition coefficient (Wildman–Crippen LogP) is 4.15. The minimum Gasteiger partial charge on any atom is -0.467 e. The molecule has 0 saturated heterocycles. The molecule has 1 unspecified atom stereocenters. The van der Waals surface area contributed by atoms with Gasteiger partial charge in [-0.25, -0.2) is 4.79 Å². The van der Waals surface area contributed by atoms with Crippen molar-refractivity contribution >= 4 is 23.3 Å². The second-order valence-corrected chi connectivity index (χ2v) is 5.50. The Hall–Kier alpha value is -2.00. The lowest BCUT2D eigenvalue weighted by molar-refractivity contribution is -0.145. The lowest BCUT2D eigenvalue weighted by atomic mass is 9.88. The van der Waals surface area contributed by atoms with Gasteiger partial charge in [0.15, 0.2) is 5.54 Å². The van der Waals surface area contributed by atoms with Gasteiger partial charge in [0, 0.05) is 10.7 Å². The van der Waals surface area contributed by atoms with Gasteiger partial charge < -0.3 is 10.1 Å². The Kier molecular flexibility index (Phi) is 4.53. The van der Waals surface area contributed by atoms with Gasteiger partial charge in [-0.15, -0.1) is 0 Å². The second-order valence-electron chi connectivity index (χ2n) is 5.07. The Morgan fingerprint density at radius 3 is 2.52 bits per heavy atom. The van der Waals surface area contributed by atoms with Crippen LogP contribution >= 0.6 is 11.6 Å². The van der Waals surface area contributed by atoms with Crippen LogP contribution in [0.3, 0.4) is 0 Å². The van der Waals surface area contributed by atoms with Crippen molar-refractivity contribution in [1.82, 2.24) is 0 Å². The van der Waals surface area contributed by atoms with E-state index in [9.17, 15) is 4.79 Å². The molecule has 0 bridgehead atoms. The van der Waals surface area contributed by atoms with E-state index in [1.807, 2.05) is 50.2 Å². The van der Waals surface area contributed by atoms with Gasteiger partial charge >= 0.3 is 5.97 Å². The SMILES string of the molecule is COC(=O)C(C)(Nc1cccc(Cl)c1)c1ccccc1C. The molecule has 0 aliphatic rings. The molecule has 4 heteroatoms. The third kappa shape index (κ3) is 3.19. The Bertz CT molecular complexity index is 657. The molecule has 1 atom stereocenters. The highest BCUT2D eigenvalue weighted by Gasteiger charge is 2.37. The van der Waals surface area contributed by atoms with Crippen LogP contribution < -0.4 is 5.32 Å². The van der Waals surface area contributed by atoms with E-state index in [4.69, 9.17) is 16.3 Å². The highest BCUT2D eigenvalue weighted by molar-refractivity contribution is 6.30. The first-order valence-corrected chi connectivity index (χ1v) is 7.03. The van der Waals surface area contributed by atoms with Crippen LogP contribution in [0.4, 0.5) is 5.69 Å². The third-order valence-corrected chi connectivity index (χ3v) is 3.73. The maximum atomic E-state index is 12.4. The van der Waals surface area contributed by atoms with Gasteiger partial charge in [-0.05, 0) is 43.2 Å². The lowest BCUT2D eigenvalue weighted by Crippen LogP contribution is -2.42. The van der Waals surface area contributed by atoms with Crippen molar-refractivity contribution in [2.45, 2.75) is 19.4 Å². The van der Waals surface area contributed by atoms with E-state index in [0.29, 0.717) is 5.02 Å². The lowest BCUT2D eigenvalue weighted by Gasteiger charge is -2.31. The van der Waals surface area contributed by atoms with E-state index in [1.165, 1.54) is 7.11 Å². The number of carbonyl (C=O) groups is 1. The van der Waals surface area contributed by atoms with Gasteiger partial charge in [0.25, 0.3) is 0 Å². The highest BCUT2D eigenvalue weighted by atomic mass is 35.5. The molecule has 110 valence electrons. The van der Waals surface area contributed by atoms with Crippen molar-refractivity contribution in [3.63, 3.8) is 0 Å². The maximum Gasteiger partial charge on any atom is 0.335 e. The largest absolute Gasteiger partial charge is 0.467 e. The number of aryl methyl sites for hydroxylation is 1. The quantitative estimate of drug-likeness (QED) is 0.862. The van der Waals surface area contributed by atoms with Crippen LogP contribution in [-0.2, 0) is 15.1 Å². The highest BCUT2D eigenvalue weighted by Crippen LogP contribution is 2.30. The second kappa shape index (κ2) is 6.19.